The number of hydrogen-bond acceptors (Lipinski definition) is 4. The number of hydrogen-bond donors (Lipinski definition) is 1. The van der Waals surface area contributed by atoms with Gasteiger partial charge in [-0.05, 0) is 56.1 Å². The summed E-state index contributed by atoms with van der Waals surface area (Å²) in [5.74, 6) is 0.568. The van der Waals surface area contributed by atoms with Gasteiger partial charge in [0.25, 0.3) is 0 Å². The van der Waals surface area contributed by atoms with Crippen molar-refractivity contribution in [2.45, 2.75) is 57.0 Å². The summed E-state index contributed by atoms with van der Waals surface area (Å²) in [6.45, 7) is 2.47. The minimum Gasteiger partial charge on any atom is -0.381 e. The minimum absolute atomic E-state index is 0.0397. The van der Waals surface area contributed by atoms with E-state index in [0.717, 1.165) is 56.9 Å². The number of amides is 1. The molecule has 1 aromatic heterocycles. The van der Waals surface area contributed by atoms with E-state index in [4.69, 9.17) is 9.47 Å². The second-order valence-corrected chi connectivity index (χ2v) is 7.55. The van der Waals surface area contributed by atoms with Crippen LogP contribution in [0.15, 0.2) is 18.3 Å². The zero-order valence-electron chi connectivity index (χ0n) is 14.1. The van der Waals surface area contributed by atoms with Crippen LogP contribution in [0.5, 0.6) is 0 Å². The van der Waals surface area contributed by atoms with Crippen molar-refractivity contribution >= 4 is 11.6 Å². The summed E-state index contributed by atoms with van der Waals surface area (Å²) < 4.78 is 11.5. The smallest absolute Gasteiger partial charge is 0.227 e. The van der Waals surface area contributed by atoms with Crippen LogP contribution in [-0.2, 0) is 14.3 Å². The van der Waals surface area contributed by atoms with Gasteiger partial charge in [0.2, 0.25) is 5.91 Å². The highest BCUT2D eigenvalue weighted by Gasteiger charge is 2.38. The Morgan fingerprint density at radius 2 is 2.08 bits per heavy atom. The van der Waals surface area contributed by atoms with Crippen LogP contribution in [0.2, 0.25) is 0 Å². The molecule has 1 amide bonds. The van der Waals surface area contributed by atoms with E-state index >= 15 is 0 Å². The molecule has 1 unspecified atom stereocenters. The number of nitrogens with one attached hydrogen (secondary N) is 1. The monoisotopic (exact) mass is 330 g/mol. The molecule has 2 saturated heterocycles. The molecule has 0 bridgehead atoms. The lowest BCUT2D eigenvalue weighted by Crippen LogP contribution is -2.41. The molecule has 1 atom stereocenters. The maximum absolute atomic E-state index is 12.4. The molecule has 1 saturated carbocycles. The third kappa shape index (κ3) is 3.62. The first-order chi connectivity index (χ1) is 11.7. The molecule has 5 heteroatoms. The van der Waals surface area contributed by atoms with Crippen LogP contribution in [0, 0.1) is 5.41 Å². The molecule has 0 radical (unpaired) electrons. The highest BCUT2D eigenvalue weighted by molar-refractivity contribution is 5.91. The maximum atomic E-state index is 12.4. The Balaban J connectivity index is 1.29. The molecule has 24 heavy (non-hydrogen) atoms. The van der Waals surface area contributed by atoms with Crippen molar-refractivity contribution in [3.05, 3.63) is 24.0 Å². The molecular weight excluding hydrogens is 304 g/mol. The second kappa shape index (κ2) is 6.81. The zero-order valence-corrected chi connectivity index (χ0v) is 14.1. The highest BCUT2D eigenvalue weighted by atomic mass is 16.5. The molecule has 3 heterocycles. The van der Waals surface area contributed by atoms with Crippen LogP contribution in [0.4, 0.5) is 5.69 Å². The lowest BCUT2D eigenvalue weighted by molar-refractivity contribution is -0.128. The van der Waals surface area contributed by atoms with Gasteiger partial charge < -0.3 is 14.8 Å². The van der Waals surface area contributed by atoms with Crippen LogP contribution < -0.4 is 5.32 Å². The Hall–Kier alpha value is -1.46. The number of carbonyl (C=O) groups excluding carboxylic acids is 1. The standard InChI is InChI=1S/C19H26N2O3/c22-17(21-16-2-1-9-20-18(16)14-3-4-14)12-15-5-6-19(13-24-15)7-10-23-11-8-19/h1-2,9,14-15H,3-8,10-13H2,(H,21,22). The number of anilines is 1. The number of ether oxygens (including phenoxy) is 2. The molecule has 4 rings (SSSR count). The lowest BCUT2D eigenvalue weighted by Gasteiger charge is -2.42. The molecule has 1 aromatic rings. The molecule has 1 aliphatic carbocycles. The Morgan fingerprint density at radius 1 is 1.25 bits per heavy atom. The Bertz CT molecular complexity index is 584. The lowest BCUT2D eigenvalue weighted by atomic mass is 9.75. The molecule has 5 nitrogen and oxygen atoms in total. The summed E-state index contributed by atoms with van der Waals surface area (Å²) >= 11 is 0. The van der Waals surface area contributed by atoms with E-state index < -0.39 is 0 Å². The minimum atomic E-state index is 0.0397. The quantitative estimate of drug-likeness (QED) is 0.920. The highest BCUT2D eigenvalue weighted by Crippen LogP contribution is 2.42. The van der Waals surface area contributed by atoms with E-state index in [2.05, 4.69) is 10.3 Å². The van der Waals surface area contributed by atoms with Gasteiger partial charge in [-0.25, -0.2) is 0 Å². The van der Waals surface area contributed by atoms with Crippen molar-refractivity contribution in [3.8, 4) is 0 Å². The summed E-state index contributed by atoms with van der Waals surface area (Å²) in [4.78, 5) is 16.8. The Morgan fingerprint density at radius 3 is 2.79 bits per heavy atom. The largest absolute Gasteiger partial charge is 0.381 e. The maximum Gasteiger partial charge on any atom is 0.227 e. The van der Waals surface area contributed by atoms with Gasteiger partial charge >= 0.3 is 0 Å². The summed E-state index contributed by atoms with van der Waals surface area (Å²) in [5, 5.41) is 3.05. The number of nitrogens with zero attached hydrogens (tertiary/aromatic N) is 1. The molecule has 2 aliphatic heterocycles. The third-order valence-corrected chi connectivity index (χ3v) is 5.67. The van der Waals surface area contributed by atoms with Gasteiger partial charge in [0.05, 0.1) is 30.5 Å². The molecule has 130 valence electrons. The SMILES string of the molecule is O=C(CC1CCC2(CCOCC2)CO1)Nc1cccnc1C1CC1. The predicted molar refractivity (Wildman–Crippen MR) is 90.9 cm³/mol. The summed E-state index contributed by atoms with van der Waals surface area (Å²) in [7, 11) is 0. The fourth-order valence-corrected chi connectivity index (χ4v) is 3.89. The van der Waals surface area contributed by atoms with E-state index in [1.165, 1.54) is 12.8 Å². The Labute approximate surface area is 143 Å². The normalized spacial score (nSPS) is 26.2. The van der Waals surface area contributed by atoms with E-state index in [0.29, 0.717) is 17.8 Å². The molecular formula is C19H26N2O3. The third-order valence-electron chi connectivity index (χ3n) is 5.67. The van der Waals surface area contributed by atoms with Crippen molar-refractivity contribution in [1.29, 1.82) is 0 Å². The number of pyridine rings is 1. The first-order valence-corrected chi connectivity index (χ1v) is 9.18. The topological polar surface area (TPSA) is 60.5 Å². The Kier molecular flexibility index (Phi) is 4.55. The number of aromatic nitrogens is 1. The molecule has 3 fully saturated rings. The number of rotatable bonds is 4. The van der Waals surface area contributed by atoms with E-state index in [-0.39, 0.29) is 12.0 Å². The van der Waals surface area contributed by atoms with Crippen molar-refractivity contribution in [1.82, 2.24) is 4.98 Å². The van der Waals surface area contributed by atoms with Crippen molar-refractivity contribution in [3.63, 3.8) is 0 Å². The van der Waals surface area contributed by atoms with Gasteiger partial charge in [-0.3, -0.25) is 9.78 Å². The van der Waals surface area contributed by atoms with Crippen LogP contribution in [0.1, 0.15) is 56.6 Å². The van der Waals surface area contributed by atoms with Crippen LogP contribution in [-0.4, -0.2) is 36.8 Å². The summed E-state index contributed by atoms with van der Waals surface area (Å²) in [6, 6.07) is 3.84. The van der Waals surface area contributed by atoms with Crippen molar-refractivity contribution in [2.75, 3.05) is 25.1 Å². The van der Waals surface area contributed by atoms with Gasteiger partial charge in [0.1, 0.15) is 0 Å². The van der Waals surface area contributed by atoms with Crippen LogP contribution in [0.3, 0.4) is 0 Å². The molecule has 0 aromatic carbocycles. The van der Waals surface area contributed by atoms with Gasteiger partial charge in [0.15, 0.2) is 0 Å². The first-order valence-electron chi connectivity index (χ1n) is 9.18. The fourth-order valence-electron chi connectivity index (χ4n) is 3.89. The van der Waals surface area contributed by atoms with Crippen LogP contribution >= 0.6 is 0 Å². The van der Waals surface area contributed by atoms with E-state index in [1.807, 2.05) is 12.1 Å². The van der Waals surface area contributed by atoms with Crippen molar-refractivity contribution in [2.24, 2.45) is 5.41 Å². The number of carbonyl (C=O) groups is 1. The van der Waals surface area contributed by atoms with Gasteiger partial charge in [-0.15, -0.1) is 0 Å². The predicted octanol–water partition coefficient (Wildman–Crippen LogP) is 3.26. The average molecular weight is 330 g/mol. The van der Waals surface area contributed by atoms with E-state index in [1.54, 1.807) is 6.20 Å². The molecule has 1 spiro atoms. The molecule has 1 N–H and O–H groups in total. The average Bonchev–Trinajstić information content (AvgIpc) is 3.43. The van der Waals surface area contributed by atoms with Crippen LogP contribution in [0.25, 0.3) is 0 Å². The first kappa shape index (κ1) is 16.0. The fraction of sp³-hybridized carbons (Fsp3) is 0.684. The summed E-state index contributed by atoms with van der Waals surface area (Å²) in [5.41, 5.74) is 2.21. The summed E-state index contributed by atoms with van der Waals surface area (Å²) in [6.07, 6.45) is 8.93. The van der Waals surface area contributed by atoms with Crippen molar-refractivity contribution < 1.29 is 14.3 Å². The second-order valence-electron chi connectivity index (χ2n) is 7.55. The zero-order chi connectivity index (χ0) is 16.4. The van der Waals surface area contributed by atoms with E-state index in [9.17, 15) is 4.79 Å². The van der Waals surface area contributed by atoms with Gasteiger partial charge in [0, 0.05) is 25.3 Å². The molecule has 3 aliphatic rings. The van der Waals surface area contributed by atoms with Gasteiger partial charge in [-0.1, -0.05) is 0 Å². The van der Waals surface area contributed by atoms with Gasteiger partial charge in [-0.2, -0.15) is 0 Å².